The highest BCUT2D eigenvalue weighted by Gasteiger charge is 1.99. The zero-order valence-electron chi connectivity index (χ0n) is 7.99. The Morgan fingerprint density at radius 2 is 1.92 bits per heavy atom. The van der Waals surface area contributed by atoms with Gasteiger partial charge in [0.2, 0.25) is 0 Å². The molecule has 1 aromatic heterocycles. The van der Waals surface area contributed by atoms with Crippen LogP contribution in [0.15, 0.2) is 36.7 Å². The molecule has 1 heterocycles. The number of hydrogen-bond acceptors (Lipinski definition) is 1. The molecule has 0 aliphatic carbocycles. The number of nitrogens with zero attached hydrogens (tertiary/aromatic N) is 1. The van der Waals surface area contributed by atoms with Crippen LogP contribution in [0.2, 0.25) is 0 Å². The first kappa shape index (κ1) is 8.24. The van der Waals surface area contributed by atoms with E-state index in [0.717, 1.165) is 0 Å². The standard InChI is InChI=1S/C12H13N/c1-9(2)11-4-3-10-5-6-13-8-12(10)7-11/h3-9H,1-2H3. The Morgan fingerprint density at radius 3 is 2.69 bits per heavy atom. The molecular weight excluding hydrogens is 158 g/mol. The third kappa shape index (κ3) is 1.55. The van der Waals surface area contributed by atoms with E-state index >= 15 is 0 Å². The van der Waals surface area contributed by atoms with E-state index < -0.39 is 0 Å². The van der Waals surface area contributed by atoms with Crippen LogP contribution in [0.4, 0.5) is 0 Å². The molecule has 0 radical (unpaired) electrons. The van der Waals surface area contributed by atoms with Gasteiger partial charge in [0.05, 0.1) is 0 Å². The lowest BCUT2D eigenvalue weighted by molar-refractivity contribution is 0.868. The first-order valence-electron chi connectivity index (χ1n) is 4.61. The van der Waals surface area contributed by atoms with Gasteiger partial charge >= 0.3 is 0 Å². The van der Waals surface area contributed by atoms with Crippen LogP contribution in [0.5, 0.6) is 0 Å². The van der Waals surface area contributed by atoms with Gasteiger partial charge in [0.15, 0.2) is 0 Å². The Bertz CT molecular complexity index is 418. The van der Waals surface area contributed by atoms with Gasteiger partial charge in [-0.25, -0.2) is 0 Å². The maximum Gasteiger partial charge on any atom is 0.0346 e. The third-order valence-electron chi connectivity index (χ3n) is 2.33. The summed E-state index contributed by atoms with van der Waals surface area (Å²) in [6.45, 7) is 4.41. The van der Waals surface area contributed by atoms with Crippen molar-refractivity contribution in [2.24, 2.45) is 0 Å². The Labute approximate surface area is 78.4 Å². The van der Waals surface area contributed by atoms with Crippen LogP contribution in [0, 0.1) is 0 Å². The van der Waals surface area contributed by atoms with Crippen molar-refractivity contribution in [1.29, 1.82) is 0 Å². The lowest BCUT2D eigenvalue weighted by Crippen LogP contribution is -1.86. The van der Waals surface area contributed by atoms with Crippen molar-refractivity contribution in [2.75, 3.05) is 0 Å². The van der Waals surface area contributed by atoms with Crippen LogP contribution in [0.25, 0.3) is 10.8 Å². The second kappa shape index (κ2) is 3.17. The van der Waals surface area contributed by atoms with Crippen molar-refractivity contribution in [3.63, 3.8) is 0 Å². The largest absolute Gasteiger partial charge is 0.264 e. The number of benzene rings is 1. The van der Waals surface area contributed by atoms with Gasteiger partial charge in [0.1, 0.15) is 0 Å². The average molecular weight is 171 g/mol. The molecule has 0 atom stereocenters. The molecule has 0 aliphatic rings. The Hall–Kier alpha value is -1.37. The summed E-state index contributed by atoms with van der Waals surface area (Å²) in [6, 6.07) is 8.60. The summed E-state index contributed by atoms with van der Waals surface area (Å²) in [5.74, 6) is 0.588. The van der Waals surface area contributed by atoms with E-state index in [-0.39, 0.29) is 0 Å². The van der Waals surface area contributed by atoms with E-state index in [0.29, 0.717) is 5.92 Å². The lowest BCUT2D eigenvalue weighted by atomic mass is 10.0. The number of hydrogen-bond donors (Lipinski definition) is 0. The zero-order chi connectivity index (χ0) is 9.26. The highest BCUT2D eigenvalue weighted by molar-refractivity contribution is 5.82. The van der Waals surface area contributed by atoms with Gasteiger partial charge in [-0.3, -0.25) is 4.98 Å². The summed E-state index contributed by atoms with van der Waals surface area (Å²) in [7, 11) is 0. The SMILES string of the molecule is CC(C)c1ccc2ccncc2c1. The van der Waals surface area contributed by atoms with Crippen molar-refractivity contribution in [3.05, 3.63) is 42.2 Å². The monoisotopic (exact) mass is 171 g/mol. The molecule has 13 heavy (non-hydrogen) atoms. The molecule has 0 aliphatic heterocycles. The molecule has 0 saturated heterocycles. The average Bonchev–Trinajstić information content (AvgIpc) is 2.17. The van der Waals surface area contributed by atoms with E-state index in [1.165, 1.54) is 16.3 Å². The smallest absolute Gasteiger partial charge is 0.0346 e. The quantitative estimate of drug-likeness (QED) is 0.641. The first-order valence-corrected chi connectivity index (χ1v) is 4.61. The minimum atomic E-state index is 0.588. The van der Waals surface area contributed by atoms with Gasteiger partial charge in [-0.15, -0.1) is 0 Å². The van der Waals surface area contributed by atoms with E-state index in [1.807, 2.05) is 18.5 Å². The van der Waals surface area contributed by atoms with Crippen LogP contribution >= 0.6 is 0 Å². The van der Waals surface area contributed by atoms with Crippen molar-refractivity contribution >= 4 is 10.8 Å². The molecule has 0 amide bonds. The van der Waals surface area contributed by atoms with Gasteiger partial charge in [-0.1, -0.05) is 26.0 Å². The topological polar surface area (TPSA) is 12.9 Å². The third-order valence-corrected chi connectivity index (χ3v) is 2.33. The summed E-state index contributed by atoms with van der Waals surface area (Å²) in [5.41, 5.74) is 1.38. The molecule has 1 nitrogen and oxygen atoms in total. The Kier molecular flexibility index (Phi) is 2.01. The van der Waals surface area contributed by atoms with Crippen LogP contribution in [0.1, 0.15) is 25.3 Å². The predicted octanol–water partition coefficient (Wildman–Crippen LogP) is 3.36. The molecule has 1 aromatic carbocycles. The number of aromatic nitrogens is 1. The van der Waals surface area contributed by atoms with E-state index in [1.54, 1.807) is 0 Å². The van der Waals surface area contributed by atoms with Gasteiger partial charge in [0.25, 0.3) is 0 Å². The van der Waals surface area contributed by atoms with Gasteiger partial charge in [0, 0.05) is 17.8 Å². The second-order valence-corrected chi connectivity index (χ2v) is 3.64. The van der Waals surface area contributed by atoms with E-state index in [2.05, 4.69) is 37.0 Å². The maximum absolute atomic E-state index is 4.11. The van der Waals surface area contributed by atoms with Crippen LogP contribution in [0.3, 0.4) is 0 Å². The molecule has 66 valence electrons. The molecule has 2 aromatic rings. The van der Waals surface area contributed by atoms with Crippen molar-refractivity contribution in [3.8, 4) is 0 Å². The lowest BCUT2D eigenvalue weighted by Gasteiger charge is -2.05. The molecule has 2 rings (SSSR count). The zero-order valence-corrected chi connectivity index (χ0v) is 7.99. The summed E-state index contributed by atoms with van der Waals surface area (Å²) in [4.78, 5) is 4.11. The minimum Gasteiger partial charge on any atom is -0.264 e. The maximum atomic E-state index is 4.11. The fraction of sp³-hybridized carbons (Fsp3) is 0.250. The summed E-state index contributed by atoms with van der Waals surface area (Å²) in [5, 5.41) is 2.49. The van der Waals surface area contributed by atoms with Crippen LogP contribution in [-0.4, -0.2) is 4.98 Å². The molecule has 0 fully saturated rings. The molecule has 1 heteroatoms. The number of pyridine rings is 1. The summed E-state index contributed by atoms with van der Waals surface area (Å²) < 4.78 is 0. The van der Waals surface area contributed by atoms with Crippen molar-refractivity contribution in [1.82, 2.24) is 4.98 Å². The molecule has 0 bridgehead atoms. The van der Waals surface area contributed by atoms with Gasteiger partial charge in [-0.05, 0) is 29.0 Å². The first-order chi connectivity index (χ1) is 6.27. The number of rotatable bonds is 1. The minimum absolute atomic E-state index is 0.588. The number of fused-ring (bicyclic) bond motifs is 1. The summed E-state index contributed by atoms with van der Waals surface area (Å²) >= 11 is 0. The van der Waals surface area contributed by atoms with E-state index in [4.69, 9.17) is 0 Å². The van der Waals surface area contributed by atoms with Crippen LogP contribution < -0.4 is 0 Å². The fourth-order valence-electron chi connectivity index (χ4n) is 1.46. The fourth-order valence-corrected chi connectivity index (χ4v) is 1.46. The molecular formula is C12H13N. The molecule has 0 unspecified atom stereocenters. The highest BCUT2D eigenvalue weighted by atomic mass is 14.6. The Balaban J connectivity index is 2.62. The van der Waals surface area contributed by atoms with Gasteiger partial charge < -0.3 is 0 Å². The van der Waals surface area contributed by atoms with E-state index in [9.17, 15) is 0 Å². The molecule has 0 spiro atoms. The highest BCUT2D eigenvalue weighted by Crippen LogP contribution is 2.20. The Morgan fingerprint density at radius 1 is 1.08 bits per heavy atom. The molecule has 0 N–H and O–H groups in total. The predicted molar refractivity (Wildman–Crippen MR) is 55.8 cm³/mol. The van der Waals surface area contributed by atoms with Crippen molar-refractivity contribution in [2.45, 2.75) is 19.8 Å². The van der Waals surface area contributed by atoms with Crippen LogP contribution in [-0.2, 0) is 0 Å². The molecule has 0 saturated carbocycles. The van der Waals surface area contributed by atoms with Crippen molar-refractivity contribution < 1.29 is 0 Å². The second-order valence-electron chi connectivity index (χ2n) is 3.64. The normalized spacial score (nSPS) is 11.0. The van der Waals surface area contributed by atoms with Gasteiger partial charge in [-0.2, -0.15) is 0 Å². The summed E-state index contributed by atoms with van der Waals surface area (Å²) in [6.07, 6.45) is 3.75.